The maximum absolute atomic E-state index is 14.8. The maximum Gasteiger partial charge on any atom is 0.225 e. The van der Waals surface area contributed by atoms with E-state index in [0.29, 0.717) is 24.6 Å². The summed E-state index contributed by atoms with van der Waals surface area (Å²) in [7, 11) is 1.67. The van der Waals surface area contributed by atoms with Crippen LogP contribution in [0.2, 0.25) is 0 Å². The Bertz CT molecular complexity index is 1280. The Hall–Kier alpha value is -2.90. The van der Waals surface area contributed by atoms with Gasteiger partial charge < -0.3 is 19.7 Å². The molecule has 36 heavy (non-hydrogen) atoms. The number of nitrogens with zero attached hydrogens (tertiary/aromatic N) is 2. The van der Waals surface area contributed by atoms with E-state index in [-0.39, 0.29) is 23.8 Å². The molecule has 7 heteroatoms. The first kappa shape index (κ1) is 23.5. The number of aliphatic hydroxyl groups excluding tert-OH is 1. The Kier molecular flexibility index (Phi) is 6.00. The zero-order chi connectivity index (χ0) is 24.9. The molecule has 0 bridgehead atoms. The Morgan fingerprint density at radius 2 is 2.00 bits per heavy atom. The highest BCUT2D eigenvalue weighted by molar-refractivity contribution is 5.87. The van der Waals surface area contributed by atoms with Gasteiger partial charge in [-0.05, 0) is 49.4 Å². The fraction of sp³-hybridized carbons (Fsp3) is 0.483. The van der Waals surface area contributed by atoms with Gasteiger partial charge in [-0.1, -0.05) is 24.6 Å². The Balaban J connectivity index is 1.39. The van der Waals surface area contributed by atoms with E-state index in [1.54, 1.807) is 19.2 Å². The van der Waals surface area contributed by atoms with Gasteiger partial charge in [0, 0.05) is 65.7 Å². The van der Waals surface area contributed by atoms with Gasteiger partial charge in [-0.15, -0.1) is 0 Å². The average molecular weight is 492 g/mol. The lowest BCUT2D eigenvalue weighted by atomic mass is 9.68. The highest BCUT2D eigenvalue weighted by Crippen LogP contribution is 2.48. The highest BCUT2D eigenvalue weighted by atomic mass is 19.1. The highest BCUT2D eigenvalue weighted by Gasteiger charge is 2.47. The summed E-state index contributed by atoms with van der Waals surface area (Å²) in [5.41, 5.74) is 3.79. The summed E-state index contributed by atoms with van der Waals surface area (Å²) in [5, 5.41) is 11.6. The number of hydrogen-bond donors (Lipinski definition) is 2. The number of likely N-dealkylation sites (tertiary alicyclic amines) is 1. The molecule has 6 nitrogen and oxygen atoms in total. The number of rotatable bonds is 5. The molecule has 2 fully saturated rings. The summed E-state index contributed by atoms with van der Waals surface area (Å²) in [6.07, 6.45) is 4.89. The Morgan fingerprint density at radius 3 is 2.67 bits per heavy atom. The number of carbonyl (C=O) groups is 1. The maximum atomic E-state index is 14.8. The van der Waals surface area contributed by atoms with E-state index in [1.807, 2.05) is 18.2 Å². The number of halogens is 1. The normalized spacial score (nSPS) is 20.8. The van der Waals surface area contributed by atoms with Crippen LogP contribution in [0.4, 0.5) is 4.39 Å². The van der Waals surface area contributed by atoms with Gasteiger partial charge in [-0.3, -0.25) is 9.69 Å². The number of aromatic nitrogens is 1. The van der Waals surface area contributed by atoms with E-state index in [4.69, 9.17) is 4.74 Å². The predicted molar refractivity (Wildman–Crippen MR) is 136 cm³/mol. The summed E-state index contributed by atoms with van der Waals surface area (Å²) in [6.45, 7) is 2.61. The molecule has 3 aromatic rings. The number of amides is 1. The van der Waals surface area contributed by atoms with Crippen molar-refractivity contribution in [2.24, 2.45) is 5.92 Å². The molecule has 6 rings (SSSR count). The molecule has 1 aliphatic carbocycles. The molecule has 1 amide bonds. The van der Waals surface area contributed by atoms with Crippen molar-refractivity contribution in [3.05, 3.63) is 65.1 Å². The molecule has 1 saturated heterocycles. The molecule has 1 aromatic heterocycles. The zero-order valence-corrected chi connectivity index (χ0v) is 20.8. The largest absolute Gasteiger partial charge is 0.497 e. The van der Waals surface area contributed by atoms with Gasteiger partial charge in [0.1, 0.15) is 11.6 Å². The Labute approximate surface area is 211 Å². The summed E-state index contributed by atoms with van der Waals surface area (Å²) in [4.78, 5) is 20.9. The number of ether oxygens (including phenoxy) is 1. The van der Waals surface area contributed by atoms with Gasteiger partial charge in [0.05, 0.1) is 19.8 Å². The number of carbonyl (C=O) groups excluding carboxylic acids is 1. The molecule has 2 N–H and O–H groups in total. The van der Waals surface area contributed by atoms with Gasteiger partial charge >= 0.3 is 0 Å². The molecule has 2 aliphatic heterocycles. The molecule has 190 valence electrons. The van der Waals surface area contributed by atoms with Crippen LogP contribution >= 0.6 is 0 Å². The van der Waals surface area contributed by atoms with Crippen LogP contribution in [-0.2, 0) is 16.8 Å². The van der Waals surface area contributed by atoms with Crippen molar-refractivity contribution in [2.45, 2.75) is 50.1 Å². The molecular formula is C29H34FN3O3. The van der Waals surface area contributed by atoms with E-state index in [2.05, 4.69) is 20.9 Å². The fourth-order valence-electron chi connectivity index (χ4n) is 6.66. The number of methoxy groups -OCH3 is 1. The van der Waals surface area contributed by atoms with Crippen LogP contribution in [-0.4, -0.2) is 59.1 Å². The van der Waals surface area contributed by atoms with Crippen LogP contribution in [0.5, 0.6) is 5.75 Å². The summed E-state index contributed by atoms with van der Waals surface area (Å²) in [6, 6.07) is 12.5. The lowest BCUT2D eigenvalue weighted by Crippen LogP contribution is -2.54. The van der Waals surface area contributed by atoms with Crippen LogP contribution in [0.15, 0.2) is 42.5 Å². The van der Waals surface area contributed by atoms with Crippen molar-refractivity contribution in [2.75, 3.05) is 33.4 Å². The molecule has 1 atom stereocenters. The second-order valence-electron chi connectivity index (χ2n) is 10.7. The fourth-order valence-corrected chi connectivity index (χ4v) is 6.66. The summed E-state index contributed by atoms with van der Waals surface area (Å²) >= 11 is 0. The first-order valence-electron chi connectivity index (χ1n) is 13.1. The standard InChI is InChI=1S/C29H34FN3O3/c1-36-20-9-10-22-24(15-20)31-25-16-33(26(17-34)21-7-2-3-8-23(21)30)18-29(27(22)25)11-13-32(14-12-29)28(35)19-5-4-6-19/h2-3,7-10,15,19,26,31,34H,4-6,11-14,16-18H2,1H3/t26-/m0/s1. The van der Waals surface area contributed by atoms with Crippen molar-refractivity contribution in [3.63, 3.8) is 0 Å². The van der Waals surface area contributed by atoms with Crippen LogP contribution < -0.4 is 4.74 Å². The van der Waals surface area contributed by atoms with Crippen molar-refractivity contribution in [1.29, 1.82) is 0 Å². The van der Waals surface area contributed by atoms with Gasteiger partial charge in [-0.25, -0.2) is 4.39 Å². The molecule has 3 aliphatic rings. The third kappa shape index (κ3) is 3.80. The van der Waals surface area contributed by atoms with E-state index >= 15 is 0 Å². The summed E-state index contributed by atoms with van der Waals surface area (Å²) < 4.78 is 20.3. The number of H-pyrrole nitrogens is 1. The predicted octanol–water partition coefficient (Wildman–Crippen LogP) is 4.53. The Morgan fingerprint density at radius 1 is 1.22 bits per heavy atom. The minimum absolute atomic E-state index is 0.160. The van der Waals surface area contributed by atoms with E-state index < -0.39 is 6.04 Å². The smallest absolute Gasteiger partial charge is 0.225 e. The first-order chi connectivity index (χ1) is 17.5. The minimum Gasteiger partial charge on any atom is -0.497 e. The quantitative estimate of drug-likeness (QED) is 0.551. The summed E-state index contributed by atoms with van der Waals surface area (Å²) in [5.74, 6) is 1.02. The van der Waals surface area contributed by atoms with Gasteiger partial charge in [0.25, 0.3) is 0 Å². The number of hydrogen-bond acceptors (Lipinski definition) is 4. The van der Waals surface area contributed by atoms with Crippen LogP contribution in [0, 0.1) is 11.7 Å². The van der Waals surface area contributed by atoms with Crippen LogP contribution in [0.25, 0.3) is 10.9 Å². The molecule has 1 spiro atoms. The van der Waals surface area contributed by atoms with Gasteiger partial charge in [0.2, 0.25) is 5.91 Å². The van der Waals surface area contributed by atoms with Crippen molar-refractivity contribution >= 4 is 16.8 Å². The van der Waals surface area contributed by atoms with Gasteiger partial charge in [-0.2, -0.15) is 0 Å². The number of aromatic amines is 1. The molecule has 1 saturated carbocycles. The lowest BCUT2D eigenvalue weighted by Gasteiger charge is -2.50. The lowest BCUT2D eigenvalue weighted by molar-refractivity contribution is -0.140. The van der Waals surface area contributed by atoms with E-state index in [1.165, 1.54) is 17.0 Å². The number of aliphatic hydroxyl groups is 1. The number of fused-ring (bicyclic) bond motifs is 4. The van der Waals surface area contributed by atoms with Crippen LogP contribution in [0.3, 0.4) is 0 Å². The molecule has 2 aromatic carbocycles. The average Bonchev–Trinajstić information content (AvgIpc) is 3.23. The first-order valence-corrected chi connectivity index (χ1v) is 13.1. The third-order valence-electron chi connectivity index (χ3n) is 8.85. The van der Waals surface area contributed by atoms with Crippen molar-refractivity contribution < 1.29 is 19.0 Å². The third-order valence-corrected chi connectivity index (χ3v) is 8.85. The second-order valence-corrected chi connectivity index (χ2v) is 10.7. The monoisotopic (exact) mass is 491 g/mol. The molecular weight excluding hydrogens is 457 g/mol. The second kappa shape index (κ2) is 9.20. The topological polar surface area (TPSA) is 68.8 Å². The minimum atomic E-state index is -0.438. The van der Waals surface area contributed by atoms with Gasteiger partial charge in [0.15, 0.2) is 0 Å². The number of benzene rings is 2. The molecule has 3 heterocycles. The zero-order valence-electron chi connectivity index (χ0n) is 20.8. The molecule has 0 radical (unpaired) electrons. The van der Waals surface area contributed by atoms with E-state index in [0.717, 1.165) is 62.2 Å². The van der Waals surface area contributed by atoms with Crippen molar-refractivity contribution in [3.8, 4) is 5.75 Å². The number of nitrogens with one attached hydrogen (secondary N) is 1. The SMILES string of the molecule is COc1ccc2c3c([nH]c2c1)CN([C@@H](CO)c1ccccc1F)CC31CCN(C(=O)C2CCC2)CC1. The molecule has 0 unspecified atom stereocenters. The van der Waals surface area contributed by atoms with E-state index in [9.17, 15) is 14.3 Å². The van der Waals surface area contributed by atoms with Crippen LogP contribution in [0.1, 0.15) is 55.0 Å². The van der Waals surface area contributed by atoms with Crippen molar-refractivity contribution in [1.82, 2.24) is 14.8 Å². The number of piperidine rings is 1.